The molecule has 1 heterocycles. The molecule has 1 aromatic heterocycles. The van der Waals surface area contributed by atoms with Crippen molar-refractivity contribution in [2.24, 2.45) is 0 Å². The summed E-state index contributed by atoms with van der Waals surface area (Å²) in [5.74, 6) is 0.179. The number of carbonyl (C=O) groups is 1. The Bertz CT molecular complexity index is 909. The monoisotopic (exact) mass is 417 g/mol. The van der Waals surface area contributed by atoms with Crippen LogP contribution in [0.2, 0.25) is 0 Å². The molecule has 0 atom stereocenters. The minimum absolute atomic E-state index is 0.375. The summed E-state index contributed by atoms with van der Waals surface area (Å²) < 4.78 is 19.0. The van der Waals surface area contributed by atoms with Crippen molar-refractivity contribution in [3.05, 3.63) is 70.3 Å². The summed E-state index contributed by atoms with van der Waals surface area (Å²) in [6.07, 6.45) is 2.12. The zero-order chi connectivity index (χ0) is 18.5. The van der Waals surface area contributed by atoms with Crippen LogP contribution in [0.3, 0.4) is 0 Å². The van der Waals surface area contributed by atoms with E-state index in [1.807, 2.05) is 31.2 Å². The molecule has 7 heteroatoms. The second-order valence-corrected chi connectivity index (χ2v) is 6.62. The number of hydrogen-bond donors (Lipinski definition) is 2. The molecular weight excluding hydrogens is 401 g/mol. The highest BCUT2D eigenvalue weighted by Crippen LogP contribution is 2.23. The van der Waals surface area contributed by atoms with E-state index >= 15 is 0 Å². The standard InChI is InChI=1S/C19H17BrFN3O2/c1-12-2-4-13(5-3-12)18-23-15(11-26-18)8-9-22-19(25)24-17-7-6-14(21)10-16(17)20/h2-7,10-11H,8-9H2,1H3,(H2,22,24,25). The maximum absolute atomic E-state index is 13.0. The predicted molar refractivity (Wildman–Crippen MR) is 102 cm³/mol. The molecule has 0 saturated carbocycles. The third-order valence-electron chi connectivity index (χ3n) is 3.70. The number of aromatic nitrogens is 1. The number of aryl methyl sites for hydroxylation is 1. The van der Waals surface area contributed by atoms with Crippen molar-refractivity contribution in [1.29, 1.82) is 0 Å². The maximum atomic E-state index is 13.0. The zero-order valence-corrected chi connectivity index (χ0v) is 15.6. The van der Waals surface area contributed by atoms with Gasteiger partial charge in [0.15, 0.2) is 0 Å². The first-order valence-electron chi connectivity index (χ1n) is 8.02. The Kier molecular flexibility index (Phi) is 5.68. The molecule has 26 heavy (non-hydrogen) atoms. The second-order valence-electron chi connectivity index (χ2n) is 5.77. The van der Waals surface area contributed by atoms with Gasteiger partial charge in [0.1, 0.15) is 12.1 Å². The molecule has 0 aliphatic rings. The predicted octanol–water partition coefficient (Wildman–Crippen LogP) is 4.92. The van der Waals surface area contributed by atoms with Crippen LogP contribution in [0, 0.1) is 12.7 Å². The Morgan fingerprint density at radius 3 is 2.73 bits per heavy atom. The minimum Gasteiger partial charge on any atom is -0.444 e. The Labute approximate surface area is 158 Å². The van der Waals surface area contributed by atoms with Crippen LogP contribution in [-0.2, 0) is 6.42 Å². The molecule has 0 bridgehead atoms. The summed E-state index contributed by atoms with van der Waals surface area (Å²) in [4.78, 5) is 16.3. The van der Waals surface area contributed by atoms with Crippen molar-refractivity contribution in [2.45, 2.75) is 13.3 Å². The van der Waals surface area contributed by atoms with Gasteiger partial charge in [0.2, 0.25) is 5.89 Å². The number of nitrogens with zero attached hydrogens (tertiary/aromatic N) is 1. The van der Waals surface area contributed by atoms with Gasteiger partial charge in [0.25, 0.3) is 0 Å². The van der Waals surface area contributed by atoms with E-state index in [9.17, 15) is 9.18 Å². The molecule has 0 fully saturated rings. The van der Waals surface area contributed by atoms with Crippen LogP contribution in [0.1, 0.15) is 11.3 Å². The minimum atomic E-state index is -0.377. The number of benzene rings is 2. The molecule has 2 amide bonds. The molecule has 0 aliphatic carbocycles. The highest BCUT2D eigenvalue weighted by Gasteiger charge is 2.09. The van der Waals surface area contributed by atoms with Gasteiger partial charge in [-0.15, -0.1) is 0 Å². The van der Waals surface area contributed by atoms with Gasteiger partial charge in [-0.2, -0.15) is 0 Å². The molecule has 134 valence electrons. The van der Waals surface area contributed by atoms with E-state index < -0.39 is 0 Å². The highest BCUT2D eigenvalue weighted by atomic mass is 79.9. The van der Waals surface area contributed by atoms with Gasteiger partial charge in [-0.25, -0.2) is 14.2 Å². The topological polar surface area (TPSA) is 67.2 Å². The first-order chi connectivity index (χ1) is 12.5. The Hall–Kier alpha value is -2.67. The van der Waals surface area contributed by atoms with Crippen molar-refractivity contribution in [2.75, 3.05) is 11.9 Å². The lowest BCUT2D eigenvalue weighted by atomic mass is 10.1. The summed E-state index contributed by atoms with van der Waals surface area (Å²) >= 11 is 3.20. The van der Waals surface area contributed by atoms with Crippen molar-refractivity contribution >= 4 is 27.6 Å². The van der Waals surface area contributed by atoms with Crippen molar-refractivity contribution in [3.8, 4) is 11.5 Å². The van der Waals surface area contributed by atoms with E-state index in [1.165, 1.54) is 23.8 Å². The van der Waals surface area contributed by atoms with Crippen molar-refractivity contribution < 1.29 is 13.6 Å². The van der Waals surface area contributed by atoms with E-state index in [1.54, 1.807) is 6.26 Å². The Morgan fingerprint density at radius 2 is 2.00 bits per heavy atom. The molecular formula is C19H17BrFN3O2. The Balaban J connectivity index is 1.50. The van der Waals surface area contributed by atoms with Gasteiger partial charge in [0.05, 0.1) is 11.4 Å². The number of carbonyl (C=O) groups excluding carboxylic acids is 1. The number of urea groups is 1. The van der Waals surface area contributed by atoms with Gasteiger partial charge in [-0.05, 0) is 53.2 Å². The maximum Gasteiger partial charge on any atom is 0.319 e. The van der Waals surface area contributed by atoms with E-state index in [4.69, 9.17) is 4.42 Å². The molecule has 0 aliphatic heterocycles. The fourth-order valence-corrected chi connectivity index (χ4v) is 2.76. The molecule has 3 aromatic rings. The molecule has 5 nitrogen and oxygen atoms in total. The number of amides is 2. The van der Waals surface area contributed by atoms with Gasteiger partial charge >= 0.3 is 6.03 Å². The number of hydrogen-bond acceptors (Lipinski definition) is 3. The lowest BCUT2D eigenvalue weighted by molar-refractivity contribution is 0.252. The average molecular weight is 418 g/mol. The van der Waals surface area contributed by atoms with Crippen molar-refractivity contribution in [3.63, 3.8) is 0 Å². The lowest BCUT2D eigenvalue weighted by Crippen LogP contribution is -2.30. The fourth-order valence-electron chi connectivity index (χ4n) is 2.31. The van der Waals surface area contributed by atoms with Crippen LogP contribution < -0.4 is 10.6 Å². The molecule has 0 spiro atoms. The molecule has 2 aromatic carbocycles. The smallest absolute Gasteiger partial charge is 0.319 e. The normalized spacial score (nSPS) is 10.6. The summed E-state index contributed by atoms with van der Waals surface area (Å²) in [6, 6.07) is 11.6. The van der Waals surface area contributed by atoms with Gasteiger partial charge < -0.3 is 15.1 Å². The van der Waals surface area contributed by atoms with E-state index in [2.05, 4.69) is 31.5 Å². The van der Waals surface area contributed by atoms with Crippen LogP contribution in [0.5, 0.6) is 0 Å². The number of oxazole rings is 1. The summed E-state index contributed by atoms with van der Waals surface area (Å²) in [7, 11) is 0. The van der Waals surface area contributed by atoms with Crippen LogP contribution >= 0.6 is 15.9 Å². The molecule has 0 unspecified atom stereocenters. The zero-order valence-electron chi connectivity index (χ0n) is 14.1. The van der Waals surface area contributed by atoms with Crippen LogP contribution in [0.15, 0.2) is 57.6 Å². The van der Waals surface area contributed by atoms with E-state index in [0.29, 0.717) is 29.0 Å². The molecule has 3 rings (SSSR count). The highest BCUT2D eigenvalue weighted by molar-refractivity contribution is 9.10. The fraction of sp³-hybridized carbons (Fsp3) is 0.158. The number of rotatable bonds is 5. The summed E-state index contributed by atoms with van der Waals surface area (Å²) in [5.41, 5.74) is 3.33. The molecule has 0 radical (unpaired) electrons. The van der Waals surface area contributed by atoms with Crippen LogP contribution in [-0.4, -0.2) is 17.6 Å². The third kappa shape index (κ3) is 4.70. The van der Waals surface area contributed by atoms with Crippen LogP contribution in [0.4, 0.5) is 14.9 Å². The second kappa shape index (κ2) is 8.14. The summed E-state index contributed by atoms with van der Waals surface area (Å²) in [5, 5.41) is 5.38. The quantitative estimate of drug-likeness (QED) is 0.619. The molecule has 0 saturated heterocycles. The lowest BCUT2D eigenvalue weighted by Gasteiger charge is -2.08. The first-order valence-corrected chi connectivity index (χ1v) is 8.82. The van der Waals surface area contributed by atoms with E-state index in [0.717, 1.165) is 11.3 Å². The summed E-state index contributed by atoms with van der Waals surface area (Å²) in [6.45, 7) is 2.41. The number of nitrogens with one attached hydrogen (secondary N) is 2. The van der Waals surface area contributed by atoms with Gasteiger partial charge in [-0.3, -0.25) is 0 Å². The van der Waals surface area contributed by atoms with Gasteiger partial charge in [0, 0.05) is 23.0 Å². The van der Waals surface area contributed by atoms with Crippen molar-refractivity contribution in [1.82, 2.24) is 10.3 Å². The average Bonchev–Trinajstić information content (AvgIpc) is 3.07. The SMILES string of the molecule is Cc1ccc(-c2nc(CCNC(=O)Nc3ccc(F)cc3Br)co2)cc1. The van der Waals surface area contributed by atoms with Gasteiger partial charge in [-0.1, -0.05) is 17.7 Å². The molecule has 2 N–H and O–H groups in total. The van der Waals surface area contributed by atoms with E-state index in [-0.39, 0.29) is 11.8 Å². The third-order valence-corrected chi connectivity index (χ3v) is 4.35. The van der Waals surface area contributed by atoms with Crippen LogP contribution in [0.25, 0.3) is 11.5 Å². The number of halogens is 2. The largest absolute Gasteiger partial charge is 0.444 e. The number of anilines is 1. The Morgan fingerprint density at radius 1 is 1.23 bits per heavy atom. The first kappa shape index (κ1) is 18.1.